The van der Waals surface area contributed by atoms with Crippen LogP contribution in [0.1, 0.15) is 41.8 Å². The monoisotopic (exact) mass is 492 g/mol. The van der Waals surface area contributed by atoms with E-state index in [4.69, 9.17) is 16.3 Å². The minimum absolute atomic E-state index is 0.214. The standard InChI is InChI=1S/C25H25ClN4O2.C3H8/c1-18(30-12-14-32-15-13-30)19-6-9-22(10-7-19)27-16-20-4-2-3-5-23(20)25(31)29-24-11-8-21(26)17-28-24;1-3-2/h2-11,17,27H,1,12-16H2,(H,28,29,31);3H2,1-2H3. The third-order valence-electron chi connectivity index (χ3n) is 5.32. The number of hydrogen-bond donors (Lipinski definition) is 2. The Balaban J connectivity index is 0.00000108. The molecule has 1 amide bonds. The number of carbonyl (C=O) groups is 1. The Morgan fingerprint density at radius 2 is 1.74 bits per heavy atom. The number of carbonyl (C=O) groups excluding carboxylic acids is 1. The van der Waals surface area contributed by atoms with Crippen LogP contribution in [0.4, 0.5) is 11.5 Å². The Kier molecular flexibility index (Phi) is 10.1. The number of ether oxygens (including phenoxy) is 1. The van der Waals surface area contributed by atoms with Gasteiger partial charge in [0, 0.05) is 42.8 Å². The molecule has 0 aliphatic carbocycles. The molecule has 0 saturated carbocycles. The van der Waals surface area contributed by atoms with Crippen LogP contribution in [0.15, 0.2) is 73.4 Å². The maximum Gasteiger partial charge on any atom is 0.257 e. The Bertz CT molecular complexity index is 1090. The van der Waals surface area contributed by atoms with Crippen molar-refractivity contribution in [3.8, 4) is 0 Å². The lowest BCUT2D eigenvalue weighted by molar-refractivity contribution is 0.0641. The smallest absolute Gasteiger partial charge is 0.257 e. The van der Waals surface area contributed by atoms with E-state index in [2.05, 4.69) is 53.1 Å². The zero-order valence-corrected chi connectivity index (χ0v) is 21.1. The van der Waals surface area contributed by atoms with Crippen molar-refractivity contribution in [2.24, 2.45) is 0 Å². The summed E-state index contributed by atoms with van der Waals surface area (Å²) in [5.41, 5.74) is 4.55. The maximum atomic E-state index is 12.8. The zero-order chi connectivity index (χ0) is 25.0. The maximum absolute atomic E-state index is 12.8. The van der Waals surface area contributed by atoms with Crippen molar-refractivity contribution in [1.29, 1.82) is 0 Å². The third kappa shape index (κ3) is 7.84. The molecule has 1 fully saturated rings. The minimum Gasteiger partial charge on any atom is -0.381 e. The molecule has 35 heavy (non-hydrogen) atoms. The summed E-state index contributed by atoms with van der Waals surface area (Å²) in [4.78, 5) is 19.1. The second-order valence-corrected chi connectivity index (χ2v) is 8.59. The molecule has 184 valence electrons. The molecule has 1 aliphatic rings. The first-order valence-corrected chi connectivity index (χ1v) is 12.3. The summed E-state index contributed by atoms with van der Waals surface area (Å²) in [6, 6.07) is 19.0. The Morgan fingerprint density at radius 1 is 1.06 bits per heavy atom. The number of aromatic nitrogens is 1. The number of nitrogens with one attached hydrogen (secondary N) is 2. The van der Waals surface area contributed by atoms with Gasteiger partial charge in [-0.25, -0.2) is 4.98 Å². The number of nitrogens with zero attached hydrogens (tertiary/aromatic N) is 2. The van der Waals surface area contributed by atoms with E-state index >= 15 is 0 Å². The minimum atomic E-state index is -0.214. The van der Waals surface area contributed by atoms with Crippen LogP contribution in [0.25, 0.3) is 5.70 Å². The van der Waals surface area contributed by atoms with Crippen LogP contribution < -0.4 is 10.6 Å². The second-order valence-electron chi connectivity index (χ2n) is 8.16. The molecule has 2 aromatic carbocycles. The summed E-state index contributed by atoms with van der Waals surface area (Å²) in [7, 11) is 0. The van der Waals surface area contributed by atoms with E-state index in [9.17, 15) is 4.79 Å². The van der Waals surface area contributed by atoms with Gasteiger partial charge in [-0.3, -0.25) is 4.79 Å². The summed E-state index contributed by atoms with van der Waals surface area (Å²) in [5, 5.41) is 6.73. The van der Waals surface area contributed by atoms with Crippen molar-refractivity contribution in [2.45, 2.75) is 26.8 Å². The number of hydrogen-bond acceptors (Lipinski definition) is 5. The van der Waals surface area contributed by atoms with Gasteiger partial charge in [0.15, 0.2) is 0 Å². The molecule has 1 aliphatic heterocycles. The summed E-state index contributed by atoms with van der Waals surface area (Å²) >= 11 is 5.86. The lowest BCUT2D eigenvalue weighted by atomic mass is 10.1. The molecule has 2 N–H and O–H groups in total. The summed E-state index contributed by atoms with van der Waals surface area (Å²) in [5.74, 6) is 0.243. The molecule has 0 atom stereocenters. The van der Waals surface area contributed by atoms with E-state index < -0.39 is 0 Å². The number of amides is 1. The number of pyridine rings is 1. The lowest BCUT2D eigenvalue weighted by Gasteiger charge is -2.30. The van der Waals surface area contributed by atoms with Gasteiger partial charge in [0.1, 0.15) is 5.82 Å². The van der Waals surface area contributed by atoms with Crippen molar-refractivity contribution in [3.05, 3.63) is 95.2 Å². The van der Waals surface area contributed by atoms with Crippen molar-refractivity contribution >= 4 is 34.7 Å². The van der Waals surface area contributed by atoms with E-state index in [-0.39, 0.29) is 5.91 Å². The highest BCUT2D eigenvalue weighted by Crippen LogP contribution is 2.21. The number of halogens is 1. The molecule has 1 saturated heterocycles. The summed E-state index contributed by atoms with van der Waals surface area (Å²) < 4.78 is 5.41. The zero-order valence-electron chi connectivity index (χ0n) is 20.4. The predicted octanol–water partition coefficient (Wildman–Crippen LogP) is 6.32. The highest BCUT2D eigenvalue weighted by molar-refractivity contribution is 6.30. The first kappa shape index (κ1) is 26.3. The fourth-order valence-electron chi connectivity index (χ4n) is 3.52. The van der Waals surface area contributed by atoms with Gasteiger partial charge in [0.25, 0.3) is 5.91 Å². The quantitative estimate of drug-likeness (QED) is 0.404. The van der Waals surface area contributed by atoms with Crippen molar-refractivity contribution in [2.75, 3.05) is 36.9 Å². The van der Waals surface area contributed by atoms with Gasteiger partial charge in [0.2, 0.25) is 0 Å². The number of rotatable bonds is 7. The molecule has 7 heteroatoms. The normalized spacial score (nSPS) is 12.8. The Labute approximate surface area is 213 Å². The van der Waals surface area contributed by atoms with E-state index in [1.54, 1.807) is 18.2 Å². The van der Waals surface area contributed by atoms with Crippen LogP contribution in [-0.2, 0) is 11.3 Å². The average molecular weight is 493 g/mol. The first-order chi connectivity index (χ1) is 17.0. The van der Waals surface area contributed by atoms with Crippen LogP contribution in [0, 0.1) is 0 Å². The van der Waals surface area contributed by atoms with E-state index in [1.165, 1.54) is 12.6 Å². The fourth-order valence-corrected chi connectivity index (χ4v) is 3.63. The van der Waals surface area contributed by atoms with Gasteiger partial charge in [-0.2, -0.15) is 0 Å². The number of benzene rings is 2. The van der Waals surface area contributed by atoms with Crippen LogP contribution in [0.3, 0.4) is 0 Å². The summed E-state index contributed by atoms with van der Waals surface area (Å²) in [6.45, 7) is 12.2. The lowest BCUT2D eigenvalue weighted by Crippen LogP contribution is -2.34. The molecule has 0 spiro atoms. The van der Waals surface area contributed by atoms with Gasteiger partial charge >= 0.3 is 0 Å². The topological polar surface area (TPSA) is 66.5 Å². The van der Waals surface area contributed by atoms with Gasteiger partial charge < -0.3 is 20.3 Å². The molecule has 0 unspecified atom stereocenters. The van der Waals surface area contributed by atoms with Crippen LogP contribution in [-0.4, -0.2) is 42.1 Å². The van der Waals surface area contributed by atoms with Crippen molar-refractivity contribution in [3.63, 3.8) is 0 Å². The molecule has 0 bridgehead atoms. The van der Waals surface area contributed by atoms with Gasteiger partial charge in [-0.1, -0.05) is 68.8 Å². The molecule has 6 nitrogen and oxygen atoms in total. The first-order valence-electron chi connectivity index (χ1n) is 11.9. The largest absolute Gasteiger partial charge is 0.381 e. The van der Waals surface area contributed by atoms with Crippen LogP contribution in [0.5, 0.6) is 0 Å². The molecule has 1 aromatic heterocycles. The van der Waals surface area contributed by atoms with Gasteiger partial charge in [0.05, 0.1) is 18.2 Å². The molecule has 4 rings (SSSR count). The Hall–Kier alpha value is -3.35. The van der Waals surface area contributed by atoms with Gasteiger partial charge in [-0.15, -0.1) is 0 Å². The van der Waals surface area contributed by atoms with Crippen LogP contribution in [0.2, 0.25) is 5.02 Å². The average Bonchev–Trinajstić information content (AvgIpc) is 2.90. The van der Waals surface area contributed by atoms with Crippen molar-refractivity contribution in [1.82, 2.24) is 9.88 Å². The summed E-state index contributed by atoms with van der Waals surface area (Å²) in [6.07, 6.45) is 2.75. The molecule has 0 radical (unpaired) electrons. The van der Waals surface area contributed by atoms with E-state index in [0.29, 0.717) is 22.9 Å². The number of morpholine rings is 1. The Morgan fingerprint density at radius 3 is 2.40 bits per heavy atom. The number of anilines is 2. The van der Waals surface area contributed by atoms with E-state index in [1.807, 2.05) is 30.3 Å². The third-order valence-corrected chi connectivity index (χ3v) is 5.55. The van der Waals surface area contributed by atoms with E-state index in [0.717, 1.165) is 48.8 Å². The highest BCUT2D eigenvalue weighted by Gasteiger charge is 2.14. The molecule has 2 heterocycles. The van der Waals surface area contributed by atoms with Crippen molar-refractivity contribution < 1.29 is 9.53 Å². The molecular weight excluding hydrogens is 460 g/mol. The molecular formula is C28H33ClN4O2. The second kappa shape index (κ2) is 13.5. The fraction of sp³-hybridized carbons (Fsp3) is 0.286. The van der Waals surface area contributed by atoms with Gasteiger partial charge in [-0.05, 0) is 41.5 Å². The SMILES string of the molecule is C=C(c1ccc(NCc2ccccc2C(=O)Nc2ccc(Cl)cn2)cc1)N1CCOCC1.CCC. The van der Waals surface area contributed by atoms with Crippen LogP contribution >= 0.6 is 11.6 Å². The molecule has 3 aromatic rings. The highest BCUT2D eigenvalue weighted by atomic mass is 35.5. The predicted molar refractivity (Wildman–Crippen MR) is 145 cm³/mol.